The van der Waals surface area contributed by atoms with E-state index in [1.54, 1.807) is 0 Å². The summed E-state index contributed by atoms with van der Waals surface area (Å²) >= 11 is 0.925. The molecule has 0 aliphatic rings. The number of halogens is 3. The lowest BCUT2D eigenvalue weighted by molar-refractivity contribution is -0.143. The minimum atomic E-state index is -4.85. The lowest BCUT2D eigenvalue weighted by Gasteiger charge is -2.11. The van der Waals surface area contributed by atoms with Crippen LogP contribution in [0.2, 0.25) is 0 Å². The van der Waals surface area contributed by atoms with E-state index in [4.69, 9.17) is 0 Å². The van der Waals surface area contributed by atoms with E-state index in [0.29, 0.717) is 10.2 Å². The van der Waals surface area contributed by atoms with Gasteiger partial charge in [0, 0.05) is 6.92 Å². The second kappa shape index (κ2) is 5.52. The third-order valence-corrected chi connectivity index (χ3v) is 3.86. The Hall–Kier alpha value is -2.23. The molecule has 0 aliphatic carbocycles. The molecule has 0 unspecified atom stereocenters. The molecule has 118 valence electrons. The van der Waals surface area contributed by atoms with Gasteiger partial charge in [-0.25, -0.2) is 9.48 Å². The summed E-state index contributed by atoms with van der Waals surface area (Å²) in [6, 6.07) is 0. The molecule has 0 bridgehead atoms. The minimum absolute atomic E-state index is 0.0505. The van der Waals surface area contributed by atoms with Crippen LogP contribution in [0.25, 0.3) is 5.69 Å². The van der Waals surface area contributed by atoms with E-state index < -0.39 is 29.3 Å². The molecule has 0 atom stereocenters. The Morgan fingerprint density at radius 1 is 1.36 bits per heavy atom. The highest BCUT2D eigenvalue weighted by Gasteiger charge is 2.42. The van der Waals surface area contributed by atoms with Gasteiger partial charge >= 0.3 is 12.1 Å². The van der Waals surface area contributed by atoms with Crippen LogP contribution < -0.4 is 0 Å². The molecule has 0 saturated heterocycles. The number of ether oxygens (including phenoxy) is 1. The van der Waals surface area contributed by atoms with Crippen LogP contribution in [-0.4, -0.2) is 33.9 Å². The first-order chi connectivity index (χ1) is 10.2. The van der Waals surface area contributed by atoms with Gasteiger partial charge in [-0.15, -0.1) is 16.4 Å². The number of Topliss-reactive ketones (excluding diaryl/α,β-unsaturated/α-hetero) is 1. The van der Waals surface area contributed by atoms with Crippen molar-refractivity contribution in [1.82, 2.24) is 15.0 Å². The summed E-state index contributed by atoms with van der Waals surface area (Å²) in [7, 11) is 1.12. The Labute approximate surface area is 126 Å². The molecule has 2 aromatic rings. The topological polar surface area (TPSA) is 74.1 Å². The fourth-order valence-electron chi connectivity index (χ4n) is 1.87. The SMILES string of the molecule is COC(=O)c1scc(C)c1-n1nnc(C(C)=O)c1C(F)(F)F. The van der Waals surface area contributed by atoms with E-state index in [1.807, 2.05) is 0 Å². The Balaban J connectivity index is 2.77. The lowest BCUT2D eigenvalue weighted by atomic mass is 10.2. The van der Waals surface area contributed by atoms with Crippen LogP contribution in [0, 0.1) is 6.92 Å². The third kappa shape index (κ3) is 2.61. The summed E-state index contributed by atoms with van der Waals surface area (Å²) in [6.07, 6.45) is -4.85. The van der Waals surface area contributed by atoms with E-state index in [-0.39, 0.29) is 10.6 Å². The van der Waals surface area contributed by atoms with Crippen LogP contribution in [0.5, 0.6) is 0 Å². The van der Waals surface area contributed by atoms with Gasteiger partial charge in [-0.1, -0.05) is 5.21 Å². The Bertz CT molecular complexity index is 749. The third-order valence-electron chi connectivity index (χ3n) is 2.80. The number of methoxy groups -OCH3 is 1. The molecule has 0 aromatic carbocycles. The molecule has 0 spiro atoms. The molecule has 0 radical (unpaired) electrons. The number of hydrogen-bond donors (Lipinski definition) is 0. The van der Waals surface area contributed by atoms with Gasteiger partial charge in [0.2, 0.25) is 0 Å². The zero-order valence-corrected chi connectivity index (χ0v) is 12.5. The van der Waals surface area contributed by atoms with E-state index >= 15 is 0 Å². The van der Waals surface area contributed by atoms with Gasteiger partial charge in [-0.3, -0.25) is 4.79 Å². The number of hydrogen-bond acceptors (Lipinski definition) is 6. The van der Waals surface area contributed by atoms with Gasteiger partial charge in [-0.05, 0) is 17.9 Å². The van der Waals surface area contributed by atoms with Crippen molar-refractivity contribution in [3.63, 3.8) is 0 Å². The molecular weight excluding hydrogens is 323 g/mol. The molecule has 22 heavy (non-hydrogen) atoms. The fourth-order valence-corrected chi connectivity index (χ4v) is 2.81. The van der Waals surface area contributed by atoms with Crippen molar-refractivity contribution < 1.29 is 27.5 Å². The monoisotopic (exact) mass is 333 g/mol. The van der Waals surface area contributed by atoms with Gasteiger partial charge in [-0.2, -0.15) is 13.2 Å². The quantitative estimate of drug-likeness (QED) is 0.638. The van der Waals surface area contributed by atoms with Crippen LogP contribution in [-0.2, 0) is 10.9 Å². The summed E-state index contributed by atoms with van der Waals surface area (Å²) in [5, 5.41) is 8.21. The molecule has 2 rings (SSSR count). The highest BCUT2D eigenvalue weighted by atomic mass is 32.1. The van der Waals surface area contributed by atoms with Crippen molar-refractivity contribution >= 4 is 23.1 Å². The molecule has 0 fully saturated rings. The Kier molecular flexibility index (Phi) is 4.05. The van der Waals surface area contributed by atoms with Gasteiger partial charge < -0.3 is 4.74 Å². The van der Waals surface area contributed by atoms with Gasteiger partial charge in [0.15, 0.2) is 17.2 Å². The van der Waals surface area contributed by atoms with Crippen LogP contribution >= 0.6 is 11.3 Å². The first-order valence-electron chi connectivity index (χ1n) is 5.89. The standard InChI is InChI=1S/C12H10F3N3O3S/c1-5-4-22-9(11(20)21-3)8(5)18-10(12(13,14)15)7(6(2)19)16-17-18/h4H,1-3H3. The van der Waals surface area contributed by atoms with Gasteiger partial charge in [0.25, 0.3) is 0 Å². The smallest absolute Gasteiger partial charge is 0.435 e. The van der Waals surface area contributed by atoms with Crippen molar-refractivity contribution in [3.8, 4) is 5.69 Å². The molecule has 6 nitrogen and oxygen atoms in total. The highest BCUT2D eigenvalue weighted by Crippen LogP contribution is 2.36. The van der Waals surface area contributed by atoms with E-state index in [9.17, 15) is 22.8 Å². The Morgan fingerprint density at radius 3 is 2.50 bits per heavy atom. The average Bonchev–Trinajstić information content (AvgIpc) is 3.00. The van der Waals surface area contributed by atoms with Gasteiger partial charge in [0.05, 0.1) is 12.8 Å². The number of carbonyl (C=O) groups excluding carboxylic acids is 2. The number of rotatable bonds is 3. The molecule has 10 heteroatoms. The summed E-state index contributed by atoms with van der Waals surface area (Å²) in [5.74, 6) is -1.66. The first kappa shape index (κ1) is 16.1. The summed E-state index contributed by atoms with van der Waals surface area (Å²) in [4.78, 5) is 23.0. The molecule has 0 saturated carbocycles. The zero-order chi connectivity index (χ0) is 16.7. The van der Waals surface area contributed by atoms with Crippen LogP contribution in [0.3, 0.4) is 0 Å². The second-order valence-electron chi connectivity index (χ2n) is 4.34. The predicted octanol–water partition coefficient (Wildman–Crippen LogP) is 2.65. The van der Waals surface area contributed by atoms with Crippen molar-refractivity contribution in [3.05, 3.63) is 27.2 Å². The highest BCUT2D eigenvalue weighted by molar-refractivity contribution is 7.12. The molecule has 0 aliphatic heterocycles. The summed E-state index contributed by atoms with van der Waals surface area (Å²) in [5.41, 5.74) is -1.82. The zero-order valence-electron chi connectivity index (χ0n) is 11.7. The van der Waals surface area contributed by atoms with Crippen LogP contribution in [0.15, 0.2) is 5.38 Å². The number of carbonyl (C=O) groups is 2. The maximum Gasteiger partial charge on any atom is 0.435 e. The van der Waals surface area contributed by atoms with E-state index in [2.05, 4.69) is 15.0 Å². The van der Waals surface area contributed by atoms with E-state index in [0.717, 1.165) is 25.4 Å². The van der Waals surface area contributed by atoms with Crippen LogP contribution in [0.1, 0.15) is 38.3 Å². The Morgan fingerprint density at radius 2 is 2.00 bits per heavy atom. The second-order valence-corrected chi connectivity index (χ2v) is 5.22. The van der Waals surface area contributed by atoms with E-state index in [1.165, 1.54) is 12.3 Å². The molecule has 0 amide bonds. The van der Waals surface area contributed by atoms with Crippen LogP contribution in [0.4, 0.5) is 13.2 Å². The molecule has 2 aromatic heterocycles. The van der Waals surface area contributed by atoms with Crippen molar-refractivity contribution in [1.29, 1.82) is 0 Å². The van der Waals surface area contributed by atoms with Crippen molar-refractivity contribution in [2.75, 3.05) is 7.11 Å². The predicted molar refractivity (Wildman–Crippen MR) is 70.3 cm³/mol. The number of nitrogens with zero attached hydrogens (tertiary/aromatic N) is 3. The molecule has 0 N–H and O–H groups in total. The maximum absolute atomic E-state index is 13.3. The lowest BCUT2D eigenvalue weighted by Crippen LogP contribution is -2.18. The first-order valence-corrected chi connectivity index (χ1v) is 6.77. The van der Waals surface area contributed by atoms with Crippen molar-refractivity contribution in [2.45, 2.75) is 20.0 Å². The number of aryl methyl sites for hydroxylation is 1. The molecule has 2 heterocycles. The normalized spacial score (nSPS) is 11.5. The molecular formula is C12H10F3N3O3S. The summed E-state index contributed by atoms with van der Waals surface area (Å²) < 4.78 is 44.8. The number of thiophene rings is 1. The number of esters is 1. The maximum atomic E-state index is 13.3. The van der Waals surface area contributed by atoms with Crippen molar-refractivity contribution in [2.24, 2.45) is 0 Å². The summed E-state index contributed by atoms with van der Waals surface area (Å²) in [6.45, 7) is 2.48. The largest absolute Gasteiger partial charge is 0.465 e. The number of aromatic nitrogens is 3. The fraction of sp³-hybridized carbons (Fsp3) is 0.333. The van der Waals surface area contributed by atoms with Gasteiger partial charge in [0.1, 0.15) is 4.88 Å². The average molecular weight is 333 g/mol. The number of alkyl halides is 3. The minimum Gasteiger partial charge on any atom is -0.465 e. The number of ketones is 1.